The number of halogens is 1. The van der Waals surface area contributed by atoms with E-state index < -0.39 is 17.8 Å². The predicted molar refractivity (Wildman–Crippen MR) is 129 cm³/mol. The fourth-order valence-electron chi connectivity index (χ4n) is 2.77. The number of hydrazine groups is 1. The molecule has 0 aliphatic heterocycles. The van der Waals surface area contributed by atoms with Gasteiger partial charge in [0.25, 0.3) is 5.91 Å². The van der Waals surface area contributed by atoms with E-state index >= 15 is 0 Å². The van der Waals surface area contributed by atoms with E-state index in [-0.39, 0.29) is 24.6 Å². The molecule has 0 spiro atoms. The molecule has 7 nitrogen and oxygen atoms in total. The highest BCUT2D eigenvalue weighted by atomic mass is 35.5. The van der Waals surface area contributed by atoms with Crippen LogP contribution in [-0.2, 0) is 20.7 Å². The lowest BCUT2D eigenvalue weighted by Gasteiger charge is -2.10. The average Bonchev–Trinajstić information content (AvgIpc) is 3.13. The molecule has 0 bridgehead atoms. The summed E-state index contributed by atoms with van der Waals surface area (Å²) in [6.07, 6.45) is 0.436. The molecular formula is C22H20ClN3O4S2. The number of rotatable bonds is 7. The SMILES string of the molecule is O=C(CCC(=O)OCCc1ccccc1)NC(=S)NNC(=O)c1sc2ccccc2c1Cl. The van der Waals surface area contributed by atoms with Gasteiger partial charge < -0.3 is 10.1 Å². The summed E-state index contributed by atoms with van der Waals surface area (Å²) in [6.45, 7) is 0.247. The largest absolute Gasteiger partial charge is 0.465 e. The molecule has 0 saturated carbocycles. The summed E-state index contributed by atoms with van der Waals surface area (Å²) in [5.41, 5.74) is 5.92. The number of amides is 2. The molecule has 1 heterocycles. The van der Waals surface area contributed by atoms with Gasteiger partial charge in [-0.15, -0.1) is 11.3 Å². The Morgan fingerprint density at radius 1 is 0.969 bits per heavy atom. The minimum atomic E-state index is -0.477. The maximum atomic E-state index is 12.4. The highest BCUT2D eigenvalue weighted by Gasteiger charge is 2.17. The maximum absolute atomic E-state index is 12.4. The van der Waals surface area contributed by atoms with Crippen LogP contribution in [0, 0.1) is 0 Å². The van der Waals surface area contributed by atoms with Crippen molar-refractivity contribution in [3.8, 4) is 0 Å². The van der Waals surface area contributed by atoms with Crippen LogP contribution in [0.4, 0.5) is 0 Å². The molecule has 0 aliphatic rings. The van der Waals surface area contributed by atoms with Gasteiger partial charge in [-0.2, -0.15) is 0 Å². The fraction of sp³-hybridized carbons (Fsp3) is 0.182. The summed E-state index contributed by atoms with van der Waals surface area (Å²) in [7, 11) is 0. The Morgan fingerprint density at radius 2 is 1.69 bits per heavy atom. The third-order valence-electron chi connectivity index (χ3n) is 4.34. The molecule has 3 aromatic rings. The lowest BCUT2D eigenvalue weighted by Crippen LogP contribution is -2.48. The number of ether oxygens (including phenoxy) is 1. The zero-order chi connectivity index (χ0) is 22.9. The number of thiophene rings is 1. The van der Waals surface area contributed by atoms with Gasteiger partial charge in [-0.25, -0.2) is 0 Å². The van der Waals surface area contributed by atoms with Crippen molar-refractivity contribution in [2.45, 2.75) is 19.3 Å². The van der Waals surface area contributed by atoms with E-state index in [1.165, 1.54) is 11.3 Å². The van der Waals surface area contributed by atoms with Crippen molar-refractivity contribution in [2.75, 3.05) is 6.61 Å². The van der Waals surface area contributed by atoms with Gasteiger partial charge >= 0.3 is 5.97 Å². The van der Waals surface area contributed by atoms with E-state index in [9.17, 15) is 14.4 Å². The first kappa shape index (κ1) is 23.6. The molecule has 0 saturated heterocycles. The van der Waals surface area contributed by atoms with Gasteiger partial charge in [0, 0.05) is 22.9 Å². The van der Waals surface area contributed by atoms with E-state index in [4.69, 9.17) is 28.6 Å². The molecule has 2 amide bonds. The molecule has 0 aliphatic carbocycles. The van der Waals surface area contributed by atoms with Gasteiger partial charge in [0.05, 0.1) is 18.1 Å². The summed E-state index contributed by atoms with van der Waals surface area (Å²) in [5.74, 6) is -1.42. The number of benzene rings is 2. The number of esters is 1. The van der Waals surface area contributed by atoms with Gasteiger partial charge in [0.2, 0.25) is 5.91 Å². The summed E-state index contributed by atoms with van der Waals surface area (Å²) in [6, 6.07) is 17.0. The van der Waals surface area contributed by atoms with E-state index in [0.29, 0.717) is 16.3 Å². The quantitative estimate of drug-likeness (QED) is 0.266. The van der Waals surface area contributed by atoms with Gasteiger partial charge in [-0.3, -0.25) is 25.2 Å². The van der Waals surface area contributed by atoms with E-state index in [2.05, 4.69) is 16.2 Å². The summed E-state index contributed by atoms with van der Waals surface area (Å²) in [4.78, 5) is 36.4. The minimum absolute atomic E-state index is 0.0764. The molecule has 0 radical (unpaired) electrons. The van der Waals surface area contributed by atoms with Crippen LogP contribution in [0.1, 0.15) is 28.1 Å². The molecule has 0 unspecified atom stereocenters. The molecule has 1 aromatic heterocycles. The van der Waals surface area contributed by atoms with E-state index in [1.807, 2.05) is 54.6 Å². The lowest BCUT2D eigenvalue weighted by molar-refractivity contribution is -0.144. The maximum Gasteiger partial charge on any atom is 0.306 e. The summed E-state index contributed by atoms with van der Waals surface area (Å²) in [5, 5.41) is 3.44. The van der Waals surface area contributed by atoms with Gasteiger partial charge in [-0.05, 0) is 23.8 Å². The number of carbonyl (C=O) groups excluding carboxylic acids is 3. The predicted octanol–water partition coefficient (Wildman–Crippen LogP) is 3.76. The lowest BCUT2D eigenvalue weighted by atomic mass is 10.2. The Hall–Kier alpha value is -3.01. The third-order valence-corrected chi connectivity index (χ3v) is 6.21. The Bertz CT molecular complexity index is 1130. The summed E-state index contributed by atoms with van der Waals surface area (Å²) < 4.78 is 6.01. The number of hydrogen-bond acceptors (Lipinski definition) is 6. The molecule has 0 atom stereocenters. The average molecular weight is 490 g/mol. The third kappa shape index (κ3) is 6.74. The molecular weight excluding hydrogens is 470 g/mol. The van der Waals surface area contributed by atoms with Crippen molar-refractivity contribution in [3.05, 3.63) is 70.1 Å². The highest BCUT2D eigenvalue weighted by Crippen LogP contribution is 2.34. The van der Waals surface area contributed by atoms with Crippen molar-refractivity contribution in [3.63, 3.8) is 0 Å². The zero-order valence-corrected chi connectivity index (χ0v) is 19.2. The summed E-state index contributed by atoms with van der Waals surface area (Å²) >= 11 is 12.5. The minimum Gasteiger partial charge on any atom is -0.465 e. The first-order valence-corrected chi connectivity index (χ1v) is 11.3. The first-order chi connectivity index (χ1) is 15.4. The van der Waals surface area contributed by atoms with Crippen LogP contribution in [-0.4, -0.2) is 29.5 Å². The topological polar surface area (TPSA) is 96.5 Å². The van der Waals surface area contributed by atoms with E-state index in [0.717, 1.165) is 15.6 Å². The Labute approximate surface area is 199 Å². The number of thiocarbonyl (C=S) groups is 1. The second-order valence-electron chi connectivity index (χ2n) is 6.65. The van der Waals surface area contributed by atoms with Gasteiger partial charge in [0.15, 0.2) is 5.11 Å². The van der Waals surface area contributed by atoms with Crippen LogP contribution in [0.3, 0.4) is 0 Å². The molecule has 10 heteroatoms. The normalized spacial score (nSPS) is 10.4. The molecule has 166 valence electrons. The van der Waals surface area contributed by atoms with Crippen LogP contribution in [0.5, 0.6) is 0 Å². The van der Waals surface area contributed by atoms with Crippen LogP contribution < -0.4 is 16.2 Å². The standard InChI is InChI=1S/C22H20ClN3O4S2/c23-19-15-8-4-5-9-16(15)32-20(19)21(29)25-26-22(31)24-17(27)10-11-18(28)30-13-12-14-6-2-1-3-7-14/h1-9H,10-13H2,(H,25,29)(H2,24,26,27,31). The van der Waals surface area contributed by atoms with Crippen molar-refractivity contribution in [1.29, 1.82) is 0 Å². The van der Waals surface area contributed by atoms with Crippen LogP contribution in [0.2, 0.25) is 5.02 Å². The van der Waals surface area contributed by atoms with Gasteiger partial charge in [0.1, 0.15) is 4.88 Å². The smallest absolute Gasteiger partial charge is 0.306 e. The Kier molecular flexibility index (Phi) is 8.55. The van der Waals surface area contributed by atoms with Crippen LogP contribution in [0.15, 0.2) is 54.6 Å². The molecule has 2 aromatic carbocycles. The molecule has 3 rings (SSSR count). The monoisotopic (exact) mass is 489 g/mol. The second kappa shape index (κ2) is 11.6. The molecule has 0 fully saturated rings. The number of fused-ring (bicyclic) bond motifs is 1. The van der Waals surface area contributed by atoms with E-state index in [1.54, 1.807) is 0 Å². The van der Waals surface area contributed by atoms with Gasteiger partial charge in [-0.1, -0.05) is 60.1 Å². The van der Waals surface area contributed by atoms with Crippen molar-refractivity contribution in [1.82, 2.24) is 16.2 Å². The highest BCUT2D eigenvalue weighted by molar-refractivity contribution is 7.80. The molecule has 3 N–H and O–H groups in total. The van der Waals surface area contributed by atoms with Crippen molar-refractivity contribution < 1.29 is 19.1 Å². The fourth-order valence-corrected chi connectivity index (χ4v) is 4.34. The van der Waals surface area contributed by atoms with Crippen LogP contribution >= 0.6 is 35.2 Å². The van der Waals surface area contributed by atoms with Crippen LogP contribution in [0.25, 0.3) is 10.1 Å². The number of nitrogens with one attached hydrogen (secondary N) is 3. The van der Waals surface area contributed by atoms with Crippen molar-refractivity contribution in [2.24, 2.45) is 0 Å². The van der Waals surface area contributed by atoms with Crippen molar-refractivity contribution >= 4 is 68.1 Å². The number of carbonyl (C=O) groups is 3. The first-order valence-electron chi connectivity index (χ1n) is 9.71. The second-order valence-corrected chi connectivity index (χ2v) is 8.49. The number of hydrogen-bond donors (Lipinski definition) is 3. The molecule has 32 heavy (non-hydrogen) atoms. The zero-order valence-electron chi connectivity index (χ0n) is 16.9. The Morgan fingerprint density at radius 3 is 2.44 bits per heavy atom. The Balaban J connectivity index is 1.35.